The second kappa shape index (κ2) is 36.9. The van der Waals surface area contributed by atoms with Crippen molar-refractivity contribution in [1.82, 2.24) is 0 Å². The van der Waals surface area contributed by atoms with Crippen molar-refractivity contribution >= 4 is 15.6 Å². The molecule has 2 atom stereocenters. The van der Waals surface area contributed by atoms with Crippen molar-refractivity contribution in [3.05, 3.63) is 0 Å². The molecule has 0 aliphatic rings. The highest BCUT2D eigenvalue weighted by Gasteiger charge is 2.16. The highest BCUT2D eigenvalue weighted by molar-refractivity contribution is 7.46. The molecule has 2 unspecified atom stereocenters. The van der Waals surface area contributed by atoms with E-state index in [4.69, 9.17) is 18.1 Å². The van der Waals surface area contributed by atoms with Crippen molar-refractivity contribution in [3.8, 4) is 0 Å². The first kappa shape index (κ1) is 56.1. The molecule has 0 saturated carbocycles. The number of hydrogen-bond acceptors (Lipinski definition) is 8. The minimum absolute atomic E-state index is 0.172. The van der Waals surface area contributed by atoms with E-state index in [1.807, 2.05) is 0 Å². The normalized spacial score (nSPS) is 14.6. The number of quaternary nitrogens is 2. The SMILES string of the molecule is CC[N+](C)(C)CCOP(=O)([O-])OCCCCCCCCCCCCCCCCCCCCCCCCCCCCCCCCOP(=O)([O-])OCC[N+](C)(C)CC. The van der Waals surface area contributed by atoms with Gasteiger partial charge in [0.25, 0.3) is 15.6 Å². The van der Waals surface area contributed by atoms with Crippen LogP contribution in [0, 0.1) is 0 Å². The molecule has 0 amide bonds. The summed E-state index contributed by atoms with van der Waals surface area (Å²) in [5.41, 5.74) is 0. The van der Waals surface area contributed by atoms with Gasteiger partial charge in [-0.15, -0.1) is 0 Å². The largest absolute Gasteiger partial charge is 0.756 e. The molecule has 0 radical (unpaired) electrons. The van der Waals surface area contributed by atoms with E-state index in [-0.39, 0.29) is 26.4 Å². The van der Waals surface area contributed by atoms with Crippen LogP contribution in [0.3, 0.4) is 0 Å². The number of phosphoric acid groups is 2. The van der Waals surface area contributed by atoms with Gasteiger partial charge in [-0.25, -0.2) is 0 Å². The van der Waals surface area contributed by atoms with Gasteiger partial charge in [-0.3, -0.25) is 9.13 Å². The second-order valence-corrected chi connectivity index (χ2v) is 20.6. The lowest BCUT2D eigenvalue weighted by Gasteiger charge is -2.30. The third-order valence-electron chi connectivity index (χ3n) is 11.6. The Bertz CT molecular complexity index is 882. The van der Waals surface area contributed by atoms with Crippen molar-refractivity contribution in [1.29, 1.82) is 0 Å². The van der Waals surface area contributed by atoms with Crippen molar-refractivity contribution in [2.24, 2.45) is 0 Å². The van der Waals surface area contributed by atoms with E-state index in [2.05, 4.69) is 42.0 Å². The molecule has 56 heavy (non-hydrogen) atoms. The maximum absolute atomic E-state index is 11.9. The van der Waals surface area contributed by atoms with Gasteiger partial charge < -0.3 is 36.8 Å². The average molecular weight is 841 g/mol. The molecule has 12 heteroatoms. The molecule has 0 rings (SSSR count). The number of rotatable bonds is 45. The Labute approximate surface area is 348 Å². The number of unbranched alkanes of at least 4 members (excludes halogenated alkanes) is 29. The van der Waals surface area contributed by atoms with E-state index in [1.54, 1.807) is 0 Å². The first-order chi connectivity index (χ1) is 26.7. The van der Waals surface area contributed by atoms with Crippen molar-refractivity contribution in [3.63, 3.8) is 0 Å². The van der Waals surface area contributed by atoms with Crippen molar-refractivity contribution in [2.45, 2.75) is 206 Å². The topological polar surface area (TPSA) is 117 Å². The molecule has 10 nitrogen and oxygen atoms in total. The molecule has 0 aromatic heterocycles. The summed E-state index contributed by atoms with van der Waals surface area (Å²) in [6.45, 7) is 8.11. The lowest BCUT2D eigenvalue weighted by Crippen LogP contribution is -2.41. The smallest absolute Gasteiger partial charge is 0.268 e. The van der Waals surface area contributed by atoms with Gasteiger partial charge in [-0.2, -0.15) is 0 Å². The molecule has 0 bridgehead atoms. The monoisotopic (exact) mass is 841 g/mol. The Morgan fingerprint density at radius 1 is 0.321 bits per heavy atom. The molecule has 0 aliphatic heterocycles. The fourth-order valence-corrected chi connectivity index (χ4v) is 8.16. The van der Waals surface area contributed by atoms with Crippen LogP contribution in [-0.2, 0) is 27.2 Å². The first-order valence-electron chi connectivity index (χ1n) is 23.6. The van der Waals surface area contributed by atoms with Gasteiger partial charge in [0.15, 0.2) is 0 Å². The Hall–Kier alpha value is 0.140. The standard InChI is InChI=1S/C44H94N2O8P2/c1-7-45(3,4)39-43-53-55(47,48)51-41-37-35-33-31-29-27-25-23-21-19-17-15-13-11-9-10-12-14-16-18-20-22-24-26-28-30-32-34-36-38-42-52-56(49,50)54-44-40-46(5,6)8-2/h7-44H2,1-6H3. The minimum Gasteiger partial charge on any atom is -0.756 e. The predicted molar refractivity (Wildman–Crippen MR) is 233 cm³/mol. The summed E-state index contributed by atoms with van der Waals surface area (Å²) < 4.78 is 45.2. The van der Waals surface area contributed by atoms with Crippen molar-refractivity contribution in [2.75, 3.05) is 80.8 Å². The predicted octanol–water partition coefficient (Wildman–Crippen LogP) is 11.9. The molecule has 0 heterocycles. The van der Waals surface area contributed by atoms with Crippen LogP contribution in [0.5, 0.6) is 0 Å². The molecular weight excluding hydrogens is 746 g/mol. The fourth-order valence-electron chi connectivity index (χ4n) is 6.70. The fraction of sp³-hybridized carbons (Fsp3) is 1.00. The zero-order chi connectivity index (χ0) is 41.7. The summed E-state index contributed by atoms with van der Waals surface area (Å²) in [4.78, 5) is 23.7. The van der Waals surface area contributed by atoms with Crippen LogP contribution < -0.4 is 9.79 Å². The number of likely N-dealkylation sites (N-methyl/N-ethyl adjacent to an activating group) is 2. The first-order valence-corrected chi connectivity index (χ1v) is 26.5. The summed E-state index contributed by atoms with van der Waals surface area (Å²) in [5, 5.41) is 0. The van der Waals surface area contributed by atoms with E-state index < -0.39 is 15.6 Å². The quantitative estimate of drug-likeness (QED) is 0.0338. The van der Waals surface area contributed by atoms with Gasteiger partial charge in [0.05, 0.1) is 54.5 Å². The van der Waals surface area contributed by atoms with Crippen LogP contribution >= 0.6 is 15.6 Å². The van der Waals surface area contributed by atoms with Gasteiger partial charge in [-0.05, 0) is 26.7 Å². The maximum atomic E-state index is 11.9. The van der Waals surface area contributed by atoms with E-state index in [0.29, 0.717) is 13.1 Å². The summed E-state index contributed by atoms with van der Waals surface area (Å²) in [6, 6.07) is 0. The maximum Gasteiger partial charge on any atom is 0.268 e. The van der Waals surface area contributed by atoms with Crippen LogP contribution in [0.4, 0.5) is 0 Å². The van der Waals surface area contributed by atoms with Crippen LogP contribution in [0.2, 0.25) is 0 Å². The number of nitrogens with zero attached hydrogens (tertiary/aromatic N) is 2. The molecule has 0 aromatic rings. The van der Waals surface area contributed by atoms with Gasteiger partial charge in [0.2, 0.25) is 0 Å². The molecule has 0 aromatic carbocycles. The van der Waals surface area contributed by atoms with Gasteiger partial charge in [0.1, 0.15) is 26.3 Å². The van der Waals surface area contributed by atoms with Crippen LogP contribution in [0.25, 0.3) is 0 Å². The van der Waals surface area contributed by atoms with Crippen LogP contribution in [-0.4, -0.2) is 89.8 Å². The average Bonchev–Trinajstić information content (AvgIpc) is 3.14. The molecule has 338 valence electrons. The lowest BCUT2D eigenvalue weighted by molar-refractivity contribution is -0.888. The Morgan fingerprint density at radius 2 is 0.482 bits per heavy atom. The molecule has 0 N–H and O–H groups in total. The van der Waals surface area contributed by atoms with Crippen molar-refractivity contribution < 1.29 is 46.0 Å². The zero-order valence-corrected chi connectivity index (χ0v) is 39.7. The molecule has 0 spiro atoms. The summed E-state index contributed by atoms with van der Waals surface area (Å²) in [7, 11) is -0.121. The number of phosphoric ester groups is 2. The molecule has 0 aliphatic carbocycles. The van der Waals surface area contributed by atoms with Gasteiger partial charge in [0, 0.05) is 0 Å². The third kappa shape index (κ3) is 40.9. The van der Waals surface area contributed by atoms with Crippen LogP contribution in [0.15, 0.2) is 0 Å². The highest BCUT2D eigenvalue weighted by atomic mass is 31.2. The van der Waals surface area contributed by atoms with E-state index in [0.717, 1.165) is 60.6 Å². The highest BCUT2D eigenvalue weighted by Crippen LogP contribution is 2.39. The Kier molecular flexibility index (Phi) is 37.0. The lowest BCUT2D eigenvalue weighted by atomic mass is 10.0. The van der Waals surface area contributed by atoms with Gasteiger partial charge >= 0.3 is 0 Å². The summed E-state index contributed by atoms with van der Waals surface area (Å²) in [5.74, 6) is 0. The zero-order valence-electron chi connectivity index (χ0n) is 37.9. The molecule has 0 saturated heterocycles. The Balaban J connectivity index is 3.26. The minimum atomic E-state index is -4.17. The van der Waals surface area contributed by atoms with Crippen LogP contribution in [0.1, 0.15) is 206 Å². The van der Waals surface area contributed by atoms with E-state index >= 15 is 0 Å². The number of hydrogen-bond donors (Lipinski definition) is 0. The van der Waals surface area contributed by atoms with Gasteiger partial charge in [-0.1, -0.05) is 180 Å². The third-order valence-corrected chi connectivity index (χ3v) is 13.6. The molecule has 0 fully saturated rings. The van der Waals surface area contributed by atoms with E-state index in [1.165, 1.54) is 154 Å². The Morgan fingerprint density at radius 3 is 0.661 bits per heavy atom. The molecular formula is C44H94N2O8P2. The summed E-state index contributed by atoms with van der Waals surface area (Å²) in [6.07, 6.45) is 38.6. The summed E-state index contributed by atoms with van der Waals surface area (Å²) >= 11 is 0. The second-order valence-electron chi connectivity index (χ2n) is 17.8. The van der Waals surface area contributed by atoms with E-state index in [9.17, 15) is 18.9 Å².